The van der Waals surface area contributed by atoms with Gasteiger partial charge in [0.1, 0.15) is 0 Å². The number of nitrogens with zero attached hydrogens (tertiary/aromatic N) is 4. The number of nitrogens with two attached hydrogens (primary N) is 1. The highest BCUT2D eigenvalue weighted by Gasteiger charge is 2.16. The third kappa shape index (κ3) is 3.96. The first-order valence-corrected chi connectivity index (χ1v) is 7.81. The molecule has 0 radical (unpaired) electrons. The van der Waals surface area contributed by atoms with Gasteiger partial charge >= 0.3 is 6.01 Å². The fourth-order valence-corrected chi connectivity index (χ4v) is 2.14. The highest BCUT2D eigenvalue weighted by molar-refractivity contribution is 5.20. The molecule has 0 aliphatic heterocycles. The first-order chi connectivity index (χ1) is 11.6. The molecule has 1 atom stereocenters. The molecule has 0 fully saturated rings. The molecule has 0 amide bonds. The number of benzene rings is 1. The summed E-state index contributed by atoms with van der Waals surface area (Å²) in [4.78, 5) is 4.27. The summed E-state index contributed by atoms with van der Waals surface area (Å²) >= 11 is 0. The zero-order valence-corrected chi connectivity index (χ0v) is 13.6. The number of anilines is 1. The lowest BCUT2D eigenvalue weighted by Crippen LogP contribution is -2.13. The van der Waals surface area contributed by atoms with E-state index in [0.717, 1.165) is 5.56 Å². The Hall–Kier alpha value is -2.74. The minimum atomic E-state index is -0.354. The predicted molar refractivity (Wildman–Crippen MR) is 87.1 cm³/mol. The van der Waals surface area contributed by atoms with E-state index in [4.69, 9.17) is 14.7 Å². The maximum Gasteiger partial charge on any atom is 0.315 e. The third-order valence-electron chi connectivity index (χ3n) is 3.43. The van der Waals surface area contributed by atoms with E-state index < -0.39 is 0 Å². The molecule has 0 bridgehead atoms. The molecule has 2 heterocycles. The number of rotatable bonds is 7. The Morgan fingerprint density at radius 2 is 1.92 bits per heavy atom. The second-order valence-electron chi connectivity index (χ2n) is 5.80. The van der Waals surface area contributed by atoms with Crippen molar-refractivity contribution in [2.24, 2.45) is 5.73 Å². The fourth-order valence-electron chi connectivity index (χ4n) is 2.14. The summed E-state index contributed by atoms with van der Waals surface area (Å²) in [5.41, 5.74) is 7.24. The lowest BCUT2D eigenvalue weighted by atomic mass is 10.1. The van der Waals surface area contributed by atoms with E-state index in [2.05, 4.69) is 25.7 Å². The highest BCUT2D eigenvalue weighted by Crippen LogP contribution is 2.17. The normalized spacial score (nSPS) is 12.5. The van der Waals surface area contributed by atoms with Crippen LogP contribution in [0.1, 0.15) is 49.0 Å². The highest BCUT2D eigenvalue weighted by atomic mass is 16.5. The van der Waals surface area contributed by atoms with Crippen LogP contribution in [-0.4, -0.2) is 20.3 Å². The molecule has 1 aromatic carbocycles. The lowest BCUT2D eigenvalue weighted by molar-refractivity contribution is 0.361. The SMILES string of the molecule is CC(C)c1nc(CNc2nnc([C@H](N)Cc3ccccc3)o2)no1. The van der Waals surface area contributed by atoms with Gasteiger partial charge in [-0.1, -0.05) is 54.4 Å². The molecule has 0 unspecified atom stereocenters. The molecule has 0 aliphatic rings. The van der Waals surface area contributed by atoms with Gasteiger partial charge < -0.3 is 20.0 Å². The standard InChI is InChI=1S/C16H20N6O2/c1-10(2)14-19-13(22-24-14)9-18-16-21-20-15(23-16)12(17)8-11-6-4-3-5-7-11/h3-7,10,12H,8-9,17H2,1-2H3,(H,18,21)/t12-/m1/s1. The Morgan fingerprint density at radius 1 is 1.12 bits per heavy atom. The van der Waals surface area contributed by atoms with Crippen LogP contribution in [0.3, 0.4) is 0 Å². The molecule has 3 rings (SSSR count). The van der Waals surface area contributed by atoms with Crippen molar-refractivity contribution in [3.63, 3.8) is 0 Å². The van der Waals surface area contributed by atoms with E-state index in [9.17, 15) is 0 Å². The Balaban J connectivity index is 1.56. The van der Waals surface area contributed by atoms with E-state index in [-0.39, 0.29) is 18.0 Å². The van der Waals surface area contributed by atoms with Crippen molar-refractivity contribution in [3.8, 4) is 0 Å². The van der Waals surface area contributed by atoms with Gasteiger partial charge in [0.25, 0.3) is 0 Å². The van der Waals surface area contributed by atoms with Gasteiger partial charge in [0.15, 0.2) is 5.82 Å². The minimum Gasteiger partial charge on any atom is -0.406 e. The molecule has 8 nitrogen and oxygen atoms in total. The van der Waals surface area contributed by atoms with Crippen molar-refractivity contribution in [1.29, 1.82) is 0 Å². The van der Waals surface area contributed by atoms with Gasteiger partial charge in [-0.05, 0) is 12.0 Å². The number of nitrogens with one attached hydrogen (secondary N) is 1. The average Bonchev–Trinajstić information content (AvgIpc) is 3.23. The zero-order valence-electron chi connectivity index (χ0n) is 13.6. The minimum absolute atomic E-state index is 0.192. The van der Waals surface area contributed by atoms with Crippen molar-refractivity contribution < 1.29 is 8.94 Å². The largest absolute Gasteiger partial charge is 0.406 e. The first-order valence-electron chi connectivity index (χ1n) is 7.81. The zero-order chi connectivity index (χ0) is 16.9. The molecule has 0 aliphatic carbocycles. The molecule has 0 spiro atoms. The van der Waals surface area contributed by atoms with Crippen molar-refractivity contribution in [1.82, 2.24) is 20.3 Å². The molecular weight excluding hydrogens is 308 g/mol. The summed E-state index contributed by atoms with van der Waals surface area (Å²) in [7, 11) is 0. The number of hydrogen-bond acceptors (Lipinski definition) is 8. The third-order valence-corrected chi connectivity index (χ3v) is 3.43. The van der Waals surface area contributed by atoms with Gasteiger partial charge in [0.2, 0.25) is 11.8 Å². The predicted octanol–water partition coefficient (Wildman–Crippen LogP) is 2.43. The van der Waals surface area contributed by atoms with Crippen molar-refractivity contribution in [2.45, 2.75) is 38.8 Å². The smallest absolute Gasteiger partial charge is 0.315 e. The van der Waals surface area contributed by atoms with Crippen molar-refractivity contribution in [3.05, 3.63) is 53.5 Å². The quantitative estimate of drug-likeness (QED) is 0.679. The van der Waals surface area contributed by atoms with E-state index in [1.165, 1.54) is 0 Å². The van der Waals surface area contributed by atoms with E-state index in [0.29, 0.717) is 30.6 Å². The van der Waals surface area contributed by atoms with Crippen LogP contribution in [0, 0.1) is 0 Å². The summed E-state index contributed by atoms with van der Waals surface area (Å²) in [6, 6.07) is 9.86. The Labute approximate surface area is 139 Å². The van der Waals surface area contributed by atoms with Crippen LogP contribution >= 0.6 is 0 Å². The maximum atomic E-state index is 6.12. The molecule has 3 aromatic rings. The summed E-state index contributed by atoms with van der Waals surface area (Å²) in [6.45, 7) is 4.32. The van der Waals surface area contributed by atoms with Crippen LogP contribution < -0.4 is 11.1 Å². The van der Waals surface area contributed by atoms with Gasteiger partial charge in [-0.3, -0.25) is 0 Å². The Kier molecular flexibility index (Phi) is 4.85. The average molecular weight is 328 g/mol. The Bertz CT molecular complexity index is 768. The van der Waals surface area contributed by atoms with Crippen molar-refractivity contribution in [2.75, 3.05) is 5.32 Å². The molecule has 2 aromatic heterocycles. The van der Waals surface area contributed by atoms with Gasteiger partial charge in [-0.15, -0.1) is 5.10 Å². The van der Waals surface area contributed by atoms with Crippen LogP contribution in [0.15, 0.2) is 39.3 Å². The van der Waals surface area contributed by atoms with Crippen LogP contribution in [0.4, 0.5) is 6.01 Å². The maximum absolute atomic E-state index is 6.12. The molecule has 8 heteroatoms. The summed E-state index contributed by atoms with van der Waals surface area (Å²) < 4.78 is 10.7. The molecular formula is C16H20N6O2. The molecule has 0 saturated heterocycles. The second kappa shape index (κ2) is 7.22. The van der Waals surface area contributed by atoms with Crippen LogP contribution in [0.5, 0.6) is 0 Å². The van der Waals surface area contributed by atoms with E-state index in [1.54, 1.807) is 0 Å². The van der Waals surface area contributed by atoms with Crippen LogP contribution in [0.2, 0.25) is 0 Å². The summed E-state index contributed by atoms with van der Waals surface area (Å²) in [5.74, 6) is 1.71. The lowest BCUT2D eigenvalue weighted by Gasteiger charge is -2.06. The number of aromatic nitrogens is 4. The molecule has 0 saturated carbocycles. The van der Waals surface area contributed by atoms with Gasteiger partial charge in [-0.25, -0.2) is 0 Å². The second-order valence-corrected chi connectivity index (χ2v) is 5.80. The monoisotopic (exact) mass is 328 g/mol. The number of hydrogen-bond donors (Lipinski definition) is 2. The summed E-state index contributed by atoms with van der Waals surface area (Å²) in [6.07, 6.45) is 0.630. The van der Waals surface area contributed by atoms with Gasteiger partial charge in [0.05, 0.1) is 12.6 Å². The van der Waals surface area contributed by atoms with Crippen LogP contribution in [-0.2, 0) is 13.0 Å². The fraction of sp³-hybridized carbons (Fsp3) is 0.375. The van der Waals surface area contributed by atoms with E-state index >= 15 is 0 Å². The molecule has 24 heavy (non-hydrogen) atoms. The van der Waals surface area contributed by atoms with Gasteiger partial charge in [-0.2, -0.15) is 4.98 Å². The topological polar surface area (TPSA) is 116 Å². The van der Waals surface area contributed by atoms with E-state index in [1.807, 2.05) is 44.2 Å². The molecule has 126 valence electrons. The van der Waals surface area contributed by atoms with Crippen LogP contribution in [0.25, 0.3) is 0 Å². The van der Waals surface area contributed by atoms with Crippen molar-refractivity contribution >= 4 is 6.01 Å². The molecule has 3 N–H and O–H groups in total. The first kappa shape index (κ1) is 16.1. The summed E-state index contributed by atoms with van der Waals surface area (Å²) in [5, 5.41) is 14.8. The van der Waals surface area contributed by atoms with Gasteiger partial charge in [0, 0.05) is 5.92 Å². The Morgan fingerprint density at radius 3 is 2.62 bits per heavy atom.